The summed E-state index contributed by atoms with van der Waals surface area (Å²) in [5, 5.41) is 0. The summed E-state index contributed by atoms with van der Waals surface area (Å²) in [5.41, 5.74) is 5.55. The van der Waals surface area contributed by atoms with Gasteiger partial charge in [-0.05, 0) is 13.0 Å². The van der Waals surface area contributed by atoms with Gasteiger partial charge in [0.25, 0.3) is 5.84 Å². The Hall–Kier alpha value is -0.790. The Kier molecular flexibility index (Phi) is 1.33. The van der Waals surface area contributed by atoms with Crippen molar-refractivity contribution in [2.75, 3.05) is 13.1 Å². The number of hydrogen-bond donors (Lipinski definition) is 1. The molecule has 0 radical (unpaired) electrons. The van der Waals surface area contributed by atoms with Crippen LogP contribution in [0, 0.1) is 0 Å². The van der Waals surface area contributed by atoms with E-state index in [1.165, 1.54) is 0 Å². The van der Waals surface area contributed by atoms with Crippen LogP contribution in [-0.4, -0.2) is 23.5 Å². The average molecular weight is 111 g/mol. The first kappa shape index (κ1) is 5.35. The van der Waals surface area contributed by atoms with Crippen LogP contribution in [0.4, 0.5) is 0 Å². The predicted octanol–water partition coefficient (Wildman–Crippen LogP) is -0.0542. The molecule has 1 rings (SSSR count). The van der Waals surface area contributed by atoms with E-state index < -0.39 is 0 Å². The summed E-state index contributed by atoms with van der Waals surface area (Å²) < 4.78 is 2.11. The van der Waals surface area contributed by atoms with E-state index in [2.05, 4.69) is 17.6 Å². The molecule has 0 spiro atoms. The van der Waals surface area contributed by atoms with Crippen molar-refractivity contribution in [1.29, 1.82) is 0 Å². The molecule has 0 saturated carbocycles. The Morgan fingerprint density at radius 2 is 2.62 bits per heavy atom. The Balaban J connectivity index is 2.68. The highest BCUT2D eigenvalue weighted by molar-refractivity contribution is 5.88. The number of hydrogen-bond acceptors (Lipinski definition) is 1. The van der Waals surface area contributed by atoms with E-state index >= 15 is 0 Å². The Morgan fingerprint density at radius 1 is 1.88 bits per heavy atom. The van der Waals surface area contributed by atoms with E-state index in [0.717, 1.165) is 18.9 Å². The van der Waals surface area contributed by atoms with Crippen molar-refractivity contribution in [2.45, 2.75) is 6.92 Å². The molecule has 0 fully saturated rings. The van der Waals surface area contributed by atoms with E-state index in [0.29, 0.717) is 0 Å². The van der Waals surface area contributed by atoms with Crippen molar-refractivity contribution in [2.24, 2.45) is 5.73 Å². The summed E-state index contributed by atoms with van der Waals surface area (Å²) in [6.45, 7) is 4.10. The standard InChI is InChI=1S/C6H10N2/c1-2-8-5-3-4-6(8)7/h3-4,7H,2,5H2,1H3/p+1. The first-order valence-corrected chi connectivity index (χ1v) is 2.88. The number of likely N-dealkylation sites (N-methyl/N-ethyl adjacent to an activating group) is 1. The average Bonchev–Trinajstić information content (AvgIpc) is 2.14. The largest absolute Gasteiger partial charge is 0.287 e. The SMILES string of the molecule is CC[N+]1=C(N)C=CC1. The monoisotopic (exact) mass is 111 g/mol. The van der Waals surface area contributed by atoms with Crippen LogP contribution in [0.5, 0.6) is 0 Å². The molecule has 0 amide bonds. The number of rotatable bonds is 1. The van der Waals surface area contributed by atoms with Gasteiger partial charge < -0.3 is 0 Å². The van der Waals surface area contributed by atoms with Crippen LogP contribution in [0.1, 0.15) is 6.92 Å². The van der Waals surface area contributed by atoms with Crippen molar-refractivity contribution in [3.8, 4) is 0 Å². The molecule has 0 aromatic rings. The third-order valence-corrected chi connectivity index (χ3v) is 1.36. The number of amidine groups is 1. The molecule has 0 aromatic heterocycles. The summed E-state index contributed by atoms with van der Waals surface area (Å²) in [7, 11) is 0. The van der Waals surface area contributed by atoms with Crippen LogP contribution < -0.4 is 5.73 Å². The zero-order valence-corrected chi connectivity index (χ0v) is 5.09. The lowest BCUT2D eigenvalue weighted by Crippen LogP contribution is -2.22. The summed E-state index contributed by atoms with van der Waals surface area (Å²) in [6.07, 6.45) is 4.02. The maximum absolute atomic E-state index is 5.55. The molecule has 8 heavy (non-hydrogen) atoms. The lowest BCUT2D eigenvalue weighted by atomic mass is 10.5. The van der Waals surface area contributed by atoms with Gasteiger partial charge in [-0.15, -0.1) is 0 Å². The van der Waals surface area contributed by atoms with Gasteiger partial charge >= 0.3 is 0 Å². The topological polar surface area (TPSA) is 29.0 Å². The molecule has 0 bridgehead atoms. The molecule has 2 heteroatoms. The molecule has 0 saturated heterocycles. The second-order valence-electron chi connectivity index (χ2n) is 1.87. The third kappa shape index (κ3) is 0.735. The van der Waals surface area contributed by atoms with Gasteiger partial charge in [-0.2, -0.15) is 0 Å². The van der Waals surface area contributed by atoms with Crippen molar-refractivity contribution < 1.29 is 4.58 Å². The summed E-state index contributed by atoms with van der Waals surface area (Å²) in [5.74, 6) is 0.896. The second-order valence-corrected chi connectivity index (χ2v) is 1.87. The normalized spacial score (nSPS) is 18.1. The summed E-state index contributed by atoms with van der Waals surface area (Å²) in [6, 6.07) is 0. The van der Waals surface area contributed by atoms with Crippen LogP contribution >= 0.6 is 0 Å². The molecule has 2 nitrogen and oxygen atoms in total. The van der Waals surface area contributed by atoms with Crippen LogP contribution in [0.15, 0.2) is 12.2 Å². The Bertz CT molecular complexity index is 145. The van der Waals surface area contributed by atoms with Gasteiger partial charge in [0.2, 0.25) is 0 Å². The molecule has 1 heterocycles. The summed E-state index contributed by atoms with van der Waals surface area (Å²) in [4.78, 5) is 0. The van der Waals surface area contributed by atoms with Crippen molar-refractivity contribution >= 4 is 5.84 Å². The lowest BCUT2D eigenvalue weighted by molar-refractivity contribution is -0.510. The maximum atomic E-state index is 5.55. The highest BCUT2D eigenvalue weighted by Gasteiger charge is 2.05. The van der Waals surface area contributed by atoms with Crippen LogP contribution in [-0.2, 0) is 0 Å². The van der Waals surface area contributed by atoms with E-state index in [1.807, 2.05) is 6.08 Å². The molecule has 2 N–H and O–H groups in total. The fraction of sp³-hybridized carbons (Fsp3) is 0.500. The van der Waals surface area contributed by atoms with Gasteiger partial charge in [0.1, 0.15) is 6.54 Å². The highest BCUT2D eigenvalue weighted by Crippen LogP contribution is 1.87. The zero-order chi connectivity index (χ0) is 5.98. The minimum Gasteiger partial charge on any atom is -0.287 e. The van der Waals surface area contributed by atoms with E-state index in [4.69, 9.17) is 5.73 Å². The highest BCUT2D eigenvalue weighted by atomic mass is 15.1. The lowest BCUT2D eigenvalue weighted by Gasteiger charge is -1.94. The second kappa shape index (κ2) is 1.99. The van der Waals surface area contributed by atoms with Crippen LogP contribution in [0.25, 0.3) is 0 Å². The Morgan fingerprint density at radius 3 is 2.88 bits per heavy atom. The van der Waals surface area contributed by atoms with Gasteiger partial charge in [-0.3, -0.25) is 10.3 Å². The van der Waals surface area contributed by atoms with E-state index in [9.17, 15) is 0 Å². The van der Waals surface area contributed by atoms with Crippen molar-refractivity contribution in [3.63, 3.8) is 0 Å². The van der Waals surface area contributed by atoms with Gasteiger partial charge in [-0.1, -0.05) is 0 Å². The molecule has 0 aliphatic carbocycles. The molecular weight excluding hydrogens is 100 g/mol. The van der Waals surface area contributed by atoms with Gasteiger partial charge in [0, 0.05) is 6.08 Å². The smallest absolute Gasteiger partial charge is 0.267 e. The van der Waals surface area contributed by atoms with Gasteiger partial charge in [-0.25, -0.2) is 0 Å². The maximum Gasteiger partial charge on any atom is 0.267 e. The fourth-order valence-corrected chi connectivity index (χ4v) is 0.823. The van der Waals surface area contributed by atoms with Crippen LogP contribution in [0.3, 0.4) is 0 Å². The third-order valence-electron chi connectivity index (χ3n) is 1.36. The molecule has 44 valence electrons. The Labute approximate surface area is 49.3 Å². The first-order valence-electron chi connectivity index (χ1n) is 2.88. The van der Waals surface area contributed by atoms with E-state index in [1.54, 1.807) is 0 Å². The minimum atomic E-state index is 0.896. The fourth-order valence-electron chi connectivity index (χ4n) is 0.823. The van der Waals surface area contributed by atoms with Gasteiger partial charge in [0.15, 0.2) is 0 Å². The zero-order valence-electron chi connectivity index (χ0n) is 5.09. The molecular formula is C6H11N2+. The van der Waals surface area contributed by atoms with E-state index in [-0.39, 0.29) is 0 Å². The molecule has 0 atom stereocenters. The van der Waals surface area contributed by atoms with Crippen molar-refractivity contribution in [1.82, 2.24) is 0 Å². The molecule has 0 aromatic carbocycles. The number of nitrogens with two attached hydrogens (primary N) is 1. The van der Waals surface area contributed by atoms with Crippen LogP contribution in [0.2, 0.25) is 0 Å². The molecule has 1 aliphatic rings. The first-order chi connectivity index (χ1) is 3.84. The number of nitrogens with zero attached hydrogens (tertiary/aromatic N) is 1. The van der Waals surface area contributed by atoms with Crippen molar-refractivity contribution in [3.05, 3.63) is 12.2 Å². The predicted molar refractivity (Wildman–Crippen MR) is 34.0 cm³/mol. The minimum absolute atomic E-state index is 0.896. The molecule has 0 unspecified atom stereocenters. The summed E-state index contributed by atoms with van der Waals surface area (Å²) >= 11 is 0. The van der Waals surface area contributed by atoms with Gasteiger partial charge in [0.05, 0.1) is 6.54 Å². The molecule has 1 aliphatic heterocycles. The quantitative estimate of drug-likeness (QED) is 0.472.